The van der Waals surface area contributed by atoms with Gasteiger partial charge in [0.1, 0.15) is 0 Å². The van der Waals surface area contributed by atoms with Crippen LogP contribution in [0.4, 0.5) is 0 Å². The molecule has 1 saturated carbocycles. The minimum absolute atomic E-state index is 0. The molecule has 1 atom stereocenters. The van der Waals surface area contributed by atoms with Crippen molar-refractivity contribution < 1.29 is 24.2 Å². The first-order chi connectivity index (χ1) is 22.3. The fraction of sp³-hybridized carbons (Fsp3) is 0.404. The van der Waals surface area contributed by atoms with Gasteiger partial charge in [0.25, 0.3) is 0 Å². The normalized spacial score (nSPS) is 19.8. The maximum atomic E-state index is 3.65. The van der Waals surface area contributed by atoms with Crippen LogP contribution in [-0.4, -0.2) is 4.21 Å². The number of aryl methyl sites for hydroxylation is 1. The van der Waals surface area contributed by atoms with Gasteiger partial charge in [0.05, 0.1) is 0 Å². The summed E-state index contributed by atoms with van der Waals surface area (Å²) in [7, 11) is 0. The average molecular weight is 785 g/mol. The average Bonchev–Trinajstić information content (AvgIpc) is 3.75. The van der Waals surface area contributed by atoms with E-state index in [-0.39, 0.29) is 43.1 Å². The molecule has 8 rings (SSSR count). The van der Waals surface area contributed by atoms with Gasteiger partial charge in [0, 0.05) is 5.41 Å². The van der Waals surface area contributed by atoms with E-state index in [0.29, 0.717) is 11.3 Å². The summed E-state index contributed by atoms with van der Waals surface area (Å²) < 4.78 is 3.34. The molecule has 5 aliphatic carbocycles. The second-order valence-corrected chi connectivity index (χ2v) is 15.6. The van der Waals surface area contributed by atoms with Crippen molar-refractivity contribution in [2.75, 3.05) is 0 Å². The zero-order valence-electron chi connectivity index (χ0n) is 32.2. The van der Waals surface area contributed by atoms with Crippen molar-refractivity contribution in [1.82, 2.24) is 0 Å². The first-order valence-electron chi connectivity index (χ1n) is 17.5. The molecule has 0 aliphatic heterocycles. The van der Waals surface area contributed by atoms with Crippen molar-refractivity contribution in [2.24, 2.45) is 11.3 Å². The molecule has 0 bridgehead atoms. The number of fused-ring (bicyclic) bond motifs is 5. The molecule has 1 unspecified atom stereocenters. The number of halogens is 2. The molecule has 3 aromatic rings. The van der Waals surface area contributed by atoms with Crippen LogP contribution in [0.15, 0.2) is 72.3 Å². The topological polar surface area (TPSA) is 0 Å². The van der Waals surface area contributed by atoms with Crippen molar-refractivity contribution in [2.45, 2.75) is 112 Å². The first kappa shape index (κ1) is 44.1. The van der Waals surface area contributed by atoms with Crippen molar-refractivity contribution in [3.05, 3.63) is 137 Å². The first-order valence-corrected chi connectivity index (χ1v) is 19.3. The van der Waals surface area contributed by atoms with Crippen molar-refractivity contribution in [3.63, 3.8) is 0 Å². The molecule has 0 radical (unpaired) electrons. The van der Waals surface area contributed by atoms with Crippen molar-refractivity contribution in [1.29, 1.82) is 0 Å². The van der Waals surface area contributed by atoms with Crippen LogP contribution in [0, 0.1) is 43.9 Å². The fourth-order valence-corrected chi connectivity index (χ4v) is 8.33. The molecule has 0 N–H and O–H groups in total. The summed E-state index contributed by atoms with van der Waals surface area (Å²) in [6.07, 6.45) is 22.2. The van der Waals surface area contributed by atoms with Gasteiger partial charge < -0.3 is 7.43 Å². The number of hydrogen-bond donors (Lipinski definition) is 0. The zero-order valence-corrected chi connectivity index (χ0v) is 36.3. The molecule has 0 saturated heterocycles. The van der Waals surface area contributed by atoms with E-state index >= 15 is 0 Å². The van der Waals surface area contributed by atoms with Gasteiger partial charge in [-0.2, -0.15) is 53.1 Å². The van der Waals surface area contributed by atoms with Gasteiger partial charge in [-0.25, -0.2) is 11.6 Å². The van der Waals surface area contributed by atoms with Crippen LogP contribution in [-0.2, 0) is 41.5 Å². The third kappa shape index (κ3) is 9.11. The SMILES string of the molecule is CC1=[C-]C(C)(C)c2cc3c(cc21)-c1cc2c(cc1C3)C(C)(C)C=C2C.CC1[C-]=CC(C2(C)CCCCC2)=C1.Cc1cc[c-]cc1.Cl.Cl.[CH2]=[Zr].[CH3-]. The van der Waals surface area contributed by atoms with Gasteiger partial charge in [-0.3, -0.25) is 12.2 Å². The fourth-order valence-electron chi connectivity index (χ4n) is 8.33. The molecule has 3 heteroatoms. The second-order valence-electron chi connectivity index (χ2n) is 15.6. The Morgan fingerprint density at radius 1 is 0.760 bits per heavy atom. The largest absolute Gasteiger partial charge is 0.358 e. The maximum Gasteiger partial charge on any atom is -0.358 e. The van der Waals surface area contributed by atoms with Gasteiger partial charge in [-0.05, 0) is 58.4 Å². The molecule has 0 amide bonds. The van der Waals surface area contributed by atoms with E-state index in [1.807, 2.05) is 24.3 Å². The van der Waals surface area contributed by atoms with E-state index in [1.54, 1.807) is 5.57 Å². The van der Waals surface area contributed by atoms with Crippen molar-refractivity contribution in [3.8, 4) is 11.1 Å². The Kier molecular flexibility index (Phi) is 15.6. The van der Waals surface area contributed by atoms with Crippen LogP contribution >= 0.6 is 24.8 Å². The molecule has 3 aromatic carbocycles. The van der Waals surface area contributed by atoms with Gasteiger partial charge in [-0.1, -0.05) is 122 Å². The van der Waals surface area contributed by atoms with Crippen LogP contribution in [0.3, 0.4) is 0 Å². The summed E-state index contributed by atoms with van der Waals surface area (Å²) in [5.41, 5.74) is 17.9. The van der Waals surface area contributed by atoms with Gasteiger partial charge >= 0.3 is 28.4 Å². The van der Waals surface area contributed by atoms with Crippen LogP contribution < -0.4 is 0 Å². The molecule has 0 nitrogen and oxygen atoms in total. The molecular weight excluding hydrogens is 727 g/mol. The van der Waals surface area contributed by atoms with Crippen LogP contribution in [0.1, 0.15) is 126 Å². The van der Waals surface area contributed by atoms with Crippen LogP contribution in [0.2, 0.25) is 0 Å². The second kappa shape index (κ2) is 17.6. The number of benzene rings is 3. The smallest absolute Gasteiger partial charge is 0.358 e. The molecular formula is C47H58Cl2Zr-4. The summed E-state index contributed by atoms with van der Waals surface area (Å²) in [6, 6.07) is 20.6. The number of allylic oxidation sites excluding steroid dienone is 8. The Bertz CT molecular complexity index is 1680. The molecule has 0 spiro atoms. The van der Waals surface area contributed by atoms with Gasteiger partial charge in [0.15, 0.2) is 0 Å². The predicted molar refractivity (Wildman–Crippen MR) is 221 cm³/mol. The summed E-state index contributed by atoms with van der Waals surface area (Å²) in [4.78, 5) is 0. The molecule has 5 aliphatic rings. The summed E-state index contributed by atoms with van der Waals surface area (Å²) in [5, 5.41) is 0. The van der Waals surface area contributed by atoms with E-state index in [1.165, 1.54) is 118 Å². The number of rotatable bonds is 1. The molecule has 268 valence electrons. The van der Waals surface area contributed by atoms with Crippen LogP contribution in [0.25, 0.3) is 22.3 Å². The maximum absolute atomic E-state index is 3.65. The zero-order chi connectivity index (χ0) is 34.1. The minimum Gasteiger partial charge on any atom is -0.358 e. The standard InChI is InChI=1S/C25H25.C13H19.C7H7.CH3.CH2.2ClH.Zr/c1-14-12-24(3,4)22-8-16-7-17-9-23-19(15(2)13-25(23,5)6)11-21(17)20(16)10-18(14)22;1-11-6-7-12(10-11)13(2)8-4-3-5-9-13;1-7-5-3-2-4-6-7;;;;;/h8-12H,7H2,1-6H3;7,10-11H,3-5,8-9H2,1-2H3;3-6H,1H3;1H3;1H2;2*1H;/q4*-1;;;;. The van der Waals surface area contributed by atoms with E-state index in [2.05, 4.69) is 127 Å². The predicted octanol–water partition coefficient (Wildman–Crippen LogP) is 13.4. The third-order valence-electron chi connectivity index (χ3n) is 10.9. The van der Waals surface area contributed by atoms with E-state index < -0.39 is 0 Å². The Morgan fingerprint density at radius 2 is 1.32 bits per heavy atom. The van der Waals surface area contributed by atoms with E-state index in [9.17, 15) is 0 Å². The molecule has 0 aromatic heterocycles. The Labute approximate surface area is 333 Å². The van der Waals surface area contributed by atoms with Crippen molar-refractivity contribution >= 4 is 40.2 Å². The Morgan fingerprint density at radius 3 is 1.84 bits per heavy atom. The molecule has 50 heavy (non-hydrogen) atoms. The summed E-state index contributed by atoms with van der Waals surface area (Å²) in [6.45, 7) is 20.4. The summed E-state index contributed by atoms with van der Waals surface area (Å²) in [5.74, 6) is 0.550. The van der Waals surface area contributed by atoms with E-state index in [4.69, 9.17) is 0 Å². The van der Waals surface area contributed by atoms with Gasteiger partial charge in [0.2, 0.25) is 0 Å². The van der Waals surface area contributed by atoms with Crippen LogP contribution in [0.5, 0.6) is 0 Å². The monoisotopic (exact) mass is 782 g/mol. The third-order valence-corrected chi connectivity index (χ3v) is 10.9. The Balaban J connectivity index is 0.000000293. The summed E-state index contributed by atoms with van der Waals surface area (Å²) >= 11 is 1.30. The van der Waals surface area contributed by atoms with E-state index in [0.717, 1.165) is 6.42 Å². The minimum atomic E-state index is 0. The molecule has 1 fully saturated rings. The number of hydrogen-bond acceptors (Lipinski definition) is 0. The molecule has 0 heterocycles. The quantitative estimate of drug-likeness (QED) is 0.169. The Hall–Kier alpha value is -2.05. The van der Waals surface area contributed by atoms with Gasteiger partial charge in [-0.15, -0.1) is 36.4 Å².